The molecule has 2 aromatic rings. The van der Waals surface area contributed by atoms with Gasteiger partial charge in [0, 0.05) is 23.4 Å². The number of non-ortho nitro benzene ring substituents is 1. The first kappa shape index (κ1) is 17.0. The van der Waals surface area contributed by atoms with Crippen LogP contribution in [-0.4, -0.2) is 31.1 Å². The molecule has 3 rings (SSSR count). The minimum Gasteiger partial charge on any atom is -0.360 e. The molecule has 0 aliphatic carbocycles. The number of halogens is 2. The van der Waals surface area contributed by atoms with Gasteiger partial charge in [0.15, 0.2) is 0 Å². The molecule has 7 heteroatoms. The number of nitro benzene ring substituents is 1. The monoisotopic (exact) mass is 366 g/mol. The van der Waals surface area contributed by atoms with Crippen LogP contribution in [0.3, 0.4) is 0 Å². The summed E-state index contributed by atoms with van der Waals surface area (Å²) in [5, 5.41) is 11.9. The summed E-state index contributed by atoms with van der Waals surface area (Å²) in [6.45, 7) is 4.79. The third-order valence-electron chi connectivity index (χ3n) is 4.33. The lowest BCUT2D eigenvalue weighted by molar-refractivity contribution is -0.914. The highest BCUT2D eigenvalue weighted by molar-refractivity contribution is 6.42. The van der Waals surface area contributed by atoms with Crippen molar-refractivity contribution in [2.75, 3.05) is 31.1 Å². The number of quaternary nitrogens is 1. The van der Waals surface area contributed by atoms with E-state index >= 15 is 0 Å². The maximum absolute atomic E-state index is 10.7. The summed E-state index contributed by atoms with van der Waals surface area (Å²) >= 11 is 12.0. The molecule has 0 aromatic heterocycles. The van der Waals surface area contributed by atoms with Gasteiger partial charge in [0.05, 0.1) is 41.1 Å². The lowest BCUT2D eigenvalue weighted by Gasteiger charge is -2.33. The molecule has 0 unspecified atom stereocenters. The molecule has 1 saturated heterocycles. The highest BCUT2D eigenvalue weighted by Gasteiger charge is 2.21. The molecule has 1 aliphatic heterocycles. The first-order valence-electron chi connectivity index (χ1n) is 7.80. The van der Waals surface area contributed by atoms with Crippen LogP contribution in [0.25, 0.3) is 0 Å². The van der Waals surface area contributed by atoms with Crippen LogP contribution in [-0.2, 0) is 6.54 Å². The topological polar surface area (TPSA) is 50.8 Å². The summed E-state index contributed by atoms with van der Waals surface area (Å²) in [6.07, 6.45) is 0. The summed E-state index contributed by atoms with van der Waals surface area (Å²) < 4.78 is 0. The molecule has 24 heavy (non-hydrogen) atoms. The SMILES string of the molecule is O=[N+]([O-])c1ccc(N2CC[NH+](Cc3ccc(Cl)c(Cl)c3)CC2)cc1. The molecule has 0 saturated carbocycles. The molecule has 126 valence electrons. The lowest BCUT2D eigenvalue weighted by atomic mass is 10.2. The van der Waals surface area contributed by atoms with E-state index in [9.17, 15) is 10.1 Å². The number of anilines is 1. The standard InChI is InChI=1S/C17H17Cl2N3O2/c18-16-6-1-13(11-17(16)19)12-20-7-9-21(10-8-20)14-2-4-15(5-3-14)22(23)24/h1-6,11H,7-10,12H2/p+1. The molecule has 0 spiro atoms. The Hall–Kier alpha value is -1.82. The zero-order valence-corrected chi connectivity index (χ0v) is 14.6. The number of nitrogens with zero attached hydrogens (tertiary/aromatic N) is 2. The van der Waals surface area contributed by atoms with Crippen molar-refractivity contribution in [3.63, 3.8) is 0 Å². The predicted molar refractivity (Wildman–Crippen MR) is 96.2 cm³/mol. The maximum atomic E-state index is 10.7. The van der Waals surface area contributed by atoms with Gasteiger partial charge in [-0.3, -0.25) is 10.1 Å². The maximum Gasteiger partial charge on any atom is 0.269 e. The lowest BCUT2D eigenvalue weighted by Crippen LogP contribution is -3.13. The number of benzene rings is 2. The second kappa shape index (κ2) is 7.38. The molecule has 2 aromatic carbocycles. The number of hydrogen-bond acceptors (Lipinski definition) is 3. The van der Waals surface area contributed by atoms with Crippen LogP contribution in [0.15, 0.2) is 42.5 Å². The fourth-order valence-electron chi connectivity index (χ4n) is 2.98. The van der Waals surface area contributed by atoms with Gasteiger partial charge in [-0.25, -0.2) is 0 Å². The summed E-state index contributed by atoms with van der Waals surface area (Å²) in [5.41, 5.74) is 2.35. The first-order valence-corrected chi connectivity index (χ1v) is 8.55. The summed E-state index contributed by atoms with van der Waals surface area (Å²) in [5.74, 6) is 0. The Labute approximate surface area is 150 Å². The van der Waals surface area contributed by atoms with Gasteiger partial charge in [-0.2, -0.15) is 0 Å². The molecular weight excluding hydrogens is 349 g/mol. The van der Waals surface area contributed by atoms with E-state index in [1.165, 1.54) is 10.5 Å². The van der Waals surface area contributed by atoms with Crippen molar-refractivity contribution in [1.29, 1.82) is 0 Å². The van der Waals surface area contributed by atoms with Gasteiger partial charge in [0.1, 0.15) is 6.54 Å². The molecule has 1 heterocycles. The van der Waals surface area contributed by atoms with Crippen molar-refractivity contribution in [3.8, 4) is 0 Å². The molecule has 0 bridgehead atoms. The van der Waals surface area contributed by atoms with Crippen LogP contribution in [0, 0.1) is 10.1 Å². The van der Waals surface area contributed by atoms with Gasteiger partial charge in [-0.1, -0.05) is 29.3 Å². The number of nitro groups is 1. The average Bonchev–Trinajstić information content (AvgIpc) is 2.59. The fourth-order valence-corrected chi connectivity index (χ4v) is 3.30. The Morgan fingerprint density at radius 3 is 2.29 bits per heavy atom. The predicted octanol–water partition coefficient (Wildman–Crippen LogP) is 2.81. The Balaban J connectivity index is 1.57. The summed E-state index contributed by atoms with van der Waals surface area (Å²) in [6, 6.07) is 12.5. The van der Waals surface area contributed by atoms with Crippen LogP contribution in [0.2, 0.25) is 10.0 Å². The fraction of sp³-hybridized carbons (Fsp3) is 0.294. The molecule has 0 radical (unpaired) electrons. The molecule has 1 N–H and O–H groups in total. The highest BCUT2D eigenvalue weighted by atomic mass is 35.5. The highest BCUT2D eigenvalue weighted by Crippen LogP contribution is 2.22. The number of nitrogens with one attached hydrogen (secondary N) is 1. The molecule has 1 fully saturated rings. The van der Waals surface area contributed by atoms with Gasteiger partial charge in [-0.05, 0) is 24.3 Å². The minimum atomic E-state index is -0.372. The van der Waals surface area contributed by atoms with Gasteiger partial charge >= 0.3 is 0 Å². The smallest absolute Gasteiger partial charge is 0.269 e. The molecular formula is C17H18Cl2N3O2+. The normalized spacial score (nSPS) is 15.5. The van der Waals surface area contributed by atoms with E-state index in [0.29, 0.717) is 10.0 Å². The Kier molecular flexibility index (Phi) is 5.23. The molecule has 5 nitrogen and oxygen atoms in total. The van der Waals surface area contributed by atoms with Crippen LogP contribution in [0.5, 0.6) is 0 Å². The number of piperazine rings is 1. The van der Waals surface area contributed by atoms with E-state index < -0.39 is 0 Å². The zero-order valence-electron chi connectivity index (χ0n) is 13.0. The molecule has 0 atom stereocenters. The van der Waals surface area contributed by atoms with Gasteiger partial charge < -0.3 is 9.80 Å². The van der Waals surface area contributed by atoms with E-state index in [1.54, 1.807) is 12.1 Å². The second-order valence-electron chi connectivity index (χ2n) is 5.94. The van der Waals surface area contributed by atoms with Gasteiger partial charge in [0.2, 0.25) is 0 Å². The number of hydrogen-bond donors (Lipinski definition) is 1. The largest absolute Gasteiger partial charge is 0.360 e. The van der Waals surface area contributed by atoms with E-state index in [0.717, 1.165) is 38.4 Å². The molecule has 0 amide bonds. The van der Waals surface area contributed by atoms with Crippen LogP contribution < -0.4 is 9.80 Å². The van der Waals surface area contributed by atoms with Crippen molar-refractivity contribution in [1.82, 2.24) is 0 Å². The van der Waals surface area contributed by atoms with E-state index in [-0.39, 0.29) is 10.6 Å². The van der Waals surface area contributed by atoms with E-state index in [1.807, 2.05) is 30.3 Å². The van der Waals surface area contributed by atoms with Crippen LogP contribution >= 0.6 is 23.2 Å². The van der Waals surface area contributed by atoms with E-state index in [4.69, 9.17) is 23.2 Å². The van der Waals surface area contributed by atoms with Crippen molar-refractivity contribution >= 4 is 34.6 Å². The van der Waals surface area contributed by atoms with Crippen LogP contribution in [0.1, 0.15) is 5.56 Å². The van der Waals surface area contributed by atoms with Crippen molar-refractivity contribution in [3.05, 3.63) is 68.2 Å². The third kappa shape index (κ3) is 3.98. The van der Waals surface area contributed by atoms with E-state index in [2.05, 4.69) is 4.90 Å². The van der Waals surface area contributed by atoms with Crippen molar-refractivity contribution in [2.24, 2.45) is 0 Å². The first-order chi connectivity index (χ1) is 11.5. The van der Waals surface area contributed by atoms with Crippen molar-refractivity contribution in [2.45, 2.75) is 6.54 Å². The van der Waals surface area contributed by atoms with Crippen molar-refractivity contribution < 1.29 is 9.82 Å². The molecule has 1 aliphatic rings. The zero-order chi connectivity index (χ0) is 17.1. The Morgan fingerprint density at radius 2 is 1.71 bits per heavy atom. The number of rotatable bonds is 4. The minimum absolute atomic E-state index is 0.127. The second-order valence-corrected chi connectivity index (χ2v) is 6.75. The average molecular weight is 367 g/mol. The summed E-state index contributed by atoms with van der Waals surface area (Å²) in [4.78, 5) is 14.1. The quantitative estimate of drug-likeness (QED) is 0.668. The Bertz CT molecular complexity index is 729. The Morgan fingerprint density at radius 1 is 1.04 bits per heavy atom. The third-order valence-corrected chi connectivity index (χ3v) is 5.07. The summed E-state index contributed by atoms with van der Waals surface area (Å²) in [7, 11) is 0. The van der Waals surface area contributed by atoms with Gasteiger partial charge in [0.25, 0.3) is 5.69 Å². The van der Waals surface area contributed by atoms with Gasteiger partial charge in [-0.15, -0.1) is 0 Å². The van der Waals surface area contributed by atoms with Crippen LogP contribution in [0.4, 0.5) is 11.4 Å².